The summed E-state index contributed by atoms with van der Waals surface area (Å²) in [6.07, 6.45) is 9.51. The van der Waals surface area contributed by atoms with Crippen molar-refractivity contribution in [3.8, 4) is 16.9 Å². The van der Waals surface area contributed by atoms with Crippen molar-refractivity contribution < 1.29 is 9.13 Å². The summed E-state index contributed by atoms with van der Waals surface area (Å²) in [7, 11) is 1.45. The lowest BCUT2D eigenvalue weighted by Gasteiger charge is -2.39. The molecule has 0 radical (unpaired) electrons. The predicted octanol–water partition coefficient (Wildman–Crippen LogP) is 4.05. The second kappa shape index (κ2) is 7.70. The van der Waals surface area contributed by atoms with Crippen molar-refractivity contribution in [2.24, 2.45) is 11.7 Å². The van der Waals surface area contributed by atoms with Crippen LogP contribution in [0.1, 0.15) is 26.7 Å². The molecule has 0 bridgehead atoms. The van der Waals surface area contributed by atoms with Crippen molar-refractivity contribution in [3.63, 3.8) is 0 Å². The Kier molecular flexibility index (Phi) is 4.97. The number of rotatable bonds is 4. The molecule has 1 aliphatic heterocycles. The van der Waals surface area contributed by atoms with E-state index in [1.165, 1.54) is 13.2 Å². The van der Waals surface area contributed by atoms with Gasteiger partial charge in [-0.25, -0.2) is 13.9 Å². The van der Waals surface area contributed by atoms with E-state index in [0.717, 1.165) is 53.8 Å². The van der Waals surface area contributed by atoms with Gasteiger partial charge >= 0.3 is 0 Å². The zero-order chi connectivity index (χ0) is 22.5. The maximum atomic E-state index is 14.2. The van der Waals surface area contributed by atoms with E-state index in [-0.39, 0.29) is 11.3 Å². The number of pyridine rings is 1. The van der Waals surface area contributed by atoms with Crippen LogP contribution in [0, 0.1) is 11.7 Å². The van der Waals surface area contributed by atoms with Gasteiger partial charge in [0.05, 0.1) is 36.9 Å². The third kappa shape index (κ3) is 3.54. The summed E-state index contributed by atoms with van der Waals surface area (Å²) in [5, 5.41) is 5.34. The van der Waals surface area contributed by atoms with E-state index in [9.17, 15) is 4.39 Å². The Morgan fingerprint density at radius 1 is 1.12 bits per heavy atom. The van der Waals surface area contributed by atoms with Crippen LogP contribution in [0.2, 0.25) is 0 Å². The highest BCUT2D eigenvalue weighted by molar-refractivity contribution is 5.98. The number of hydrogen-bond donors (Lipinski definition) is 1. The zero-order valence-corrected chi connectivity index (χ0v) is 18.5. The van der Waals surface area contributed by atoms with E-state index in [0.29, 0.717) is 11.4 Å². The number of piperidine rings is 1. The minimum atomic E-state index is -0.436. The van der Waals surface area contributed by atoms with Gasteiger partial charge in [-0.15, -0.1) is 0 Å². The molecule has 0 unspecified atom stereocenters. The van der Waals surface area contributed by atoms with E-state index >= 15 is 0 Å². The van der Waals surface area contributed by atoms with Crippen molar-refractivity contribution in [2.75, 3.05) is 25.1 Å². The fraction of sp³-hybridized carbons (Fsp3) is 0.375. The number of anilines is 1. The number of aromatic nitrogens is 4. The predicted molar refractivity (Wildman–Crippen MR) is 123 cm³/mol. The first-order valence-electron chi connectivity index (χ1n) is 10.8. The number of benzene rings is 1. The average Bonchev–Trinajstić information content (AvgIpc) is 3.20. The number of nitrogens with two attached hydrogens (primary N) is 1. The molecule has 5 rings (SSSR count). The van der Waals surface area contributed by atoms with Crippen LogP contribution in [-0.2, 0) is 0 Å². The molecule has 0 spiro atoms. The Balaban J connectivity index is 1.49. The first-order valence-corrected chi connectivity index (χ1v) is 10.8. The van der Waals surface area contributed by atoms with Crippen molar-refractivity contribution in [2.45, 2.75) is 32.2 Å². The monoisotopic (exact) mass is 434 g/mol. The fourth-order valence-electron chi connectivity index (χ4n) is 4.64. The Morgan fingerprint density at radius 2 is 1.91 bits per heavy atom. The minimum Gasteiger partial charge on any atom is -0.494 e. The van der Waals surface area contributed by atoms with E-state index in [1.54, 1.807) is 23.0 Å². The van der Waals surface area contributed by atoms with Crippen molar-refractivity contribution in [1.82, 2.24) is 19.6 Å². The fourth-order valence-corrected chi connectivity index (χ4v) is 4.64. The Labute approximate surface area is 186 Å². The summed E-state index contributed by atoms with van der Waals surface area (Å²) in [6, 6.07) is 4.96. The highest BCUT2D eigenvalue weighted by atomic mass is 19.1. The minimum absolute atomic E-state index is 0.149. The molecule has 3 aromatic heterocycles. The highest BCUT2D eigenvalue weighted by Gasteiger charge is 2.29. The second-order valence-corrected chi connectivity index (χ2v) is 9.08. The zero-order valence-electron chi connectivity index (χ0n) is 18.5. The number of hydrogen-bond acceptors (Lipinski definition) is 6. The molecule has 1 aliphatic rings. The Hall–Kier alpha value is -3.26. The molecule has 32 heavy (non-hydrogen) atoms. The maximum absolute atomic E-state index is 14.2. The molecule has 0 amide bonds. The topological polar surface area (TPSA) is 81.6 Å². The third-order valence-electron chi connectivity index (χ3n) is 6.56. The number of ether oxygens (including phenoxy) is 1. The molecule has 4 heterocycles. The van der Waals surface area contributed by atoms with Gasteiger partial charge < -0.3 is 15.4 Å². The van der Waals surface area contributed by atoms with Crippen LogP contribution in [0.25, 0.3) is 27.7 Å². The molecule has 4 aromatic rings. The summed E-state index contributed by atoms with van der Waals surface area (Å²) in [6.45, 7) is 6.12. The van der Waals surface area contributed by atoms with Crippen LogP contribution in [0.3, 0.4) is 0 Å². The first-order chi connectivity index (χ1) is 15.3. The summed E-state index contributed by atoms with van der Waals surface area (Å²) < 4.78 is 21.1. The van der Waals surface area contributed by atoms with E-state index in [1.807, 2.05) is 18.5 Å². The van der Waals surface area contributed by atoms with Gasteiger partial charge in [-0.05, 0) is 50.3 Å². The van der Waals surface area contributed by atoms with Crippen molar-refractivity contribution in [1.29, 1.82) is 0 Å². The Morgan fingerprint density at radius 3 is 2.62 bits per heavy atom. The lowest BCUT2D eigenvalue weighted by molar-refractivity contribution is 0.265. The maximum Gasteiger partial charge on any atom is 0.167 e. The highest BCUT2D eigenvalue weighted by Crippen LogP contribution is 2.34. The van der Waals surface area contributed by atoms with Gasteiger partial charge in [-0.3, -0.25) is 4.98 Å². The molecular weight excluding hydrogens is 407 g/mol. The first kappa shape index (κ1) is 20.6. The van der Waals surface area contributed by atoms with E-state index < -0.39 is 5.82 Å². The largest absolute Gasteiger partial charge is 0.494 e. The van der Waals surface area contributed by atoms with Crippen LogP contribution in [-0.4, -0.2) is 45.3 Å². The third-order valence-corrected chi connectivity index (χ3v) is 6.56. The molecule has 1 aromatic carbocycles. The molecule has 2 N–H and O–H groups in total. The quantitative estimate of drug-likeness (QED) is 0.522. The van der Waals surface area contributed by atoms with Crippen molar-refractivity contribution in [3.05, 3.63) is 48.8 Å². The summed E-state index contributed by atoms with van der Waals surface area (Å²) in [5.41, 5.74) is 10.3. The van der Waals surface area contributed by atoms with Gasteiger partial charge in [-0.1, -0.05) is 0 Å². The molecule has 7 nitrogen and oxygen atoms in total. The van der Waals surface area contributed by atoms with Gasteiger partial charge in [0, 0.05) is 41.8 Å². The number of nitrogens with zero attached hydrogens (tertiary/aromatic N) is 5. The lowest BCUT2D eigenvalue weighted by Crippen LogP contribution is -2.47. The molecule has 166 valence electrons. The molecule has 1 saturated heterocycles. The lowest BCUT2D eigenvalue weighted by atomic mass is 9.81. The molecule has 1 fully saturated rings. The van der Waals surface area contributed by atoms with Crippen molar-refractivity contribution >= 4 is 22.2 Å². The Bertz CT molecular complexity index is 1290. The molecule has 0 atom stereocenters. The van der Waals surface area contributed by atoms with E-state index in [4.69, 9.17) is 15.5 Å². The number of fused-ring (bicyclic) bond motifs is 2. The summed E-state index contributed by atoms with van der Waals surface area (Å²) >= 11 is 0. The normalized spacial score (nSPS) is 15.6. The van der Waals surface area contributed by atoms with Crippen LogP contribution >= 0.6 is 0 Å². The molecule has 0 saturated carbocycles. The molecular formula is C24H27FN6O. The van der Waals surface area contributed by atoms with Crippen LogP contribution in [0.5, 0.6) is 5.75 Å². The van der Waals surface area contributed by atoms with Gasteiger partial charge in [-0.2, -0.15) is 5.10 Å². The number of methoxy groups -OCH3 is 1. The van der Waals surface area contributed by atoms with Gasteiger partial charge in [0.25, 0.3) is 0 Å². The SMILES string of the molecule is COc1cc2c(-c3cnn4cc(N5CCC(C(C)(C)N)CC5)cnc34)ccnc2cc1F. The van der Waals surface area contributed by atoms with Gasteiger partial charge in [0.1, 0.15) is 0 Å². The standard InChI is InChI=1S/C24H27FN6O/c1-24(2,26)15-5-8-30(9-6-15)16-12-28-23-19(13-29-31(23)14-16)17-4-7-27-21-11-20(25)22(32-3)10-18(17)21/h4,7,10-15H,5-6,8-9,26H2,1-3H3. The summed E-state index contributed by atoms with van der Waals surface area (Å²) in [4.78, 5) is 11.4. The van der Waals surface area contributed by atoms with Crippen LogP contribution in [0.15, 0.2) is 43.0 Å². The summed E-state index contributed by atoms with van der Waals surface area (Å²) in [5.74, 6) is 0.269. The van der Waals surface area contributed by atoms with Gasteiger partial charge in [0.2, 0.25) is 0 Å². The number of halogens is 1. The van der Waals surface area contributed by atoms with E-state index in [2.05, 4.69) is 28.8 Å². The van der Waals surface area contributed by atoms with Crippen LogP contribution in [0.4, 0.5) is 10.1 Å². The average molecular weight is 435 g/mol. The molecule has 0 aliphatic carbocycles. The second-order valence-electron chi connectivity index (χ2n) is 9.08. The smallest absolute Gasteiger partial charge is 0.167 e. The van der Waals surface area contributed by atoms with Crippen LogP contribution < -0.4 is 15.4 Å². The molecule has 8 heteroatoms. The van der Waals surface area contributed by atoms with Gasteiger partial charge in [0.15, 0.2) is 17.2 Å².